The molecule has 0 bridgehead atoms. The van der Waals surface area contributed by atoms with E-state index < -0.39 is 0 Å². The molecule has 0 spiro atoms. The highest BCUT2D eigenvalue weighted by molar-refractivity contribution is 5.18. The van der Waals surface area contributed by atoms with Gasteiger partial charge in [-0.2, -0.15) is 0 Å². The van der Waals surface area contributed by atoms with Crippen LogP contribution >= 0.6 is 0 Å². The second-order valence-electron chi connectivity index (χ2n) is 5.04. The molecule has 1 nitrogen and oxygen atoms in total. The largest absolute Gasteiger partial charge is 0.317 e. The molecule has 0 aromatic heterocycles. The van der Waals surface area contributed by atoms with E-state index in [4.69, 9.17) is 0 Å². The molecule has 0 unspecified atom stereocenters. The first-order chi connectivity index (χ1) is 7.55. The van der Waals surface area contributed by atoms with Gasteiger partial charge in [-0.25, -0.2) is 4.39 Å². The third kappa shape index (κ3) is 4.31. The molecule has 2 heteroatoms. The van der Waals surface area contributed by atoms with Crippen molar-refractivity contribution in [2.75, 3.05) is 13.1 Å². The maximum atomic E-state index is 13.5. The van der Waals surface area contributed by atoms with Crippen molar-refractivity contribution in [1.82, 2.24) is 5.32 Å². The number of hydrogen-bond acceptors (Lipinski definition) is 1. The smallest absolute Gasteiger partial charge is 0.126 e. The summed E-state index contributed by atoms with van der Waals surface area (Å²) in [4.78, 5) is 0. The van der Waals surface area contributed by atoms with E-state index in [0.717, 1.165) is 31.5 Å². The zero-order valence-electron chi connectivity index (χ0n) is 10.5. The first kappa shape index (κ1) is 13.2. The quantitative estimate of drug-likeness (QED) is 0.729. The maximum Gasteiger partial charge on any atom is 0.126 e. The van der Waals surface area contributed by atoms with Gasteiger partial charge in [0.2, 0.25) is 0 Å². The average Bonchev–Trinajstić information content (AvgIpc) is 2.21. The fourth-order valence-electron chi connectivity index (χ4n) is 1.85. The molecule has 0 aliphatic heterocycles. The molecule has 0 fully saturated rings. The number of rotatable bonds is 6. The molecule has 0 radical (unpaired) electrons. The first-order valence-corrected chi connectivity index (χ1v) is 5.99. The molecule has 1 aromatic carbocycles. The highest BCUT2D eigenvalue weighted by Crippen LogP contribution is 2.26. The van der Waals surface area contributed by atoms with Crippen LogP contribution in [0, 0.1) is 11.2 Å². The third-order valence-electron chi connectivity index (χ3n) is 2.86. The molecule has 16 heavy (non-hydrogen) atoms. The highest BCUT2D eigenvalue weighted by atomic mass is 19.1. The van der Waals surface area contributed by atoms with Gasteiger partial charge in [0.1, 0.15) is 5.82 Å². The predicted octanol–water partition coefficient (Wildman–Crippen LogP) is 3.39. The summed E-state index contributed by atoms with van der Waals surface area (Å²) in [6.45, 7) is 8.48. The monoisotopic (exact) mass is 223 g/mol. The van der Waals surface area contributed by atoms with Crippen molar-refractivity contribution >= 4 is 0 Å². The zero-order valence-corrected chi connectivity index (χ0v) is 10.5. The lowest BCUT2D eigenvalue weighted by molar-refractivity contribution is 0.322. The molecule has 0 aliphatic rings. The molecule has 1 rings (SSSR count). The average molecular weight is 223 g/mol. The van der Waals surface area contributed by atoms with Crippen LogP contribution in [0.2, 0.25) is 0 Å². The number of halogens is 1. The highest BCUT2D eigenvalue weighted by Gasteiger charge is 2.19. The van der Waals surface area contributed by atoms with Crippen LogP contribution in [0.15, 0.2) is 24.3 Å². The van der Waals surface area contributed by atoms with Gasteiger partial charge in [-0.15, -0.1) is 0 Å². The van der Waals surface area contributed by atoms with Gasteiger partial charge >= 0.3 is 0 Å². The minimum atomic E-state index is -0.0842. The van der Waals surface area contributed by atoms with Crippen LogP contribution in [0.5, 0.6) is 0 Å². The molecule has 1 N–H and O–H groups in total. The molecule has 0 saturated carbocycles. The van der Waals surface area contributed by atoms with E-state index in [1.807, 2.05) is 12.1 Å². The summed E-state index contributed by atoms with van der Waals surface area (Å²) in [5.41, 5.74) is 0.966. The molecular formula is C14H22FN. The molecule has 0 aliphatic carbocycles. The van der Waals surface area contributed by atoms with Crippen LogP contribution < -0.4 is 5.32 Å². The van der Waals surface area contributed by atoms with E-state index in [2.05, 4.69) is 26.1 Å². The Hall–Kier alpha value is -0.890. The van der Waals surface area contributed by atoms with Crippen LogP contribution in [0.1, 0.15) is 32.8 Å². The van der Waals surface area contributed by atoms with Gasteiger partial charge in [0.15, 0.2) is 0 Å². The summed E-state index contributed by atoms with van der Waals surface area (Å²) < 4.78 is 13.5. The SMILES string of the molecule is CCNCCC(C)(C)Cc1ccccc1F. The van der Waals surface area contributed by atoms with Gasteiger partial charge in [-0.05, 0) is 43.0 Å². The summed E-state index contributed by atoms with van der Waals surface area (Å²) in [7, 11) is 0. The van der Waals surface area contributed by atoms with Gasteiger partial charge in [-0.3, -0.25) is 0 Å². The van der Waals surface area contributed by atoms with Crippen molar-refractivity contribution < 1.29 is 4.39 Å². The van der Waals surface area contributed by atoms with Crippen LogP contribution in [0.25, 0.3) is 0 Å². The fourth-order valence-corrected chi connectivity index (χ4v) is 1.85. The number of nitrogens with one attached hydrogen (secondary N) is 1. The van der Waals surface area contributed by atoms with E-state index in [1.165, 1.54) is 6.07 Å². The summed E-state index contributed by atoms with van der Waals surface area (Å²) in [6, 6.07) is 7.06. The lowest BCUT2D eigenvalue weighted by atomic mass is 9.82. The van der Waals surface area contributed by atoms with E-state index in [9.17, 15) is 4.39 Å². The van der Waals surface area contributed by atoms with E-state index in [-0.39, 0.29) is 11.2 Å². The maximum absolute atomic E-state index is 13.5. The van der Waals surface area contributed by atoms with Crippen molar-refractivity contribution in [1.29, 1.82) is 0 Å². The topological polar surface area (TPSA) is 12.0 Å². The summed E-state index contributed by atoms with van der Waals surface area (Å²) >= 11 is 0. The lowest BCUT2D eigenvalue weighted by Crippen LogP contribution is -2.24. The van der Waals surface area contributed by atoms with Gasteiger partial charge in [0.05, 0.1) is 0 Å². The van der Waals surface area contributed by atoms with Gasteiger partial charge in [0.25, 0.3) is 0 Å². The standard InChI is InChI=1S/C14H22FN/c1-4-16-10-9-14(2,3)11-12-7-5-6-8-13(12)15/h5-8,16H,4,9-11H2,1-3H3. The molecule has 0 atom stereocenters. The Morgan fingerprint density at radius 3 is 2.56 bits per heavy atom. The van der Waals surface area contributed by atoms with Crippen molar-refractivity contribution in [2.45, 2.75) is 33.6 Å². The summed E-state index contributed by atoms with van der Waals surface area (Å²) in [5, 5.41) is 3.31. The minimum absolute atomic E-state index is 0.0842. The lowest BCUT2D eigenvalue weighted by Gasteiger charge is -2.25. The Bertz CT molecular complexity index is 320. The van der Waals surface area contributed by atoms with Crippen LogP contribution in [-0.4, -0.2) is 13.1 Å². The van der Waals surface area contributed by atoms with Crippen LogP contribution in [0.4, 0.5) is 4.39 Å². The predicted molar refractivity (Wildman–Crippen MR) is 67.0 cm³/mol. The van der Waals surface area contributed by atoms with E-state index in [0.29, 0.717) is 0 Å². The second kappa shape index (κ2) is 6.00. The Kier molecular flexibility index (Phi) is 4.94. The van der Waals surface area contributed by atoms with Gasteiger partial charge in [0, 0.05) is 0 Å². The van der Waals surface area contributed by atoms with E-state index >= 15 is 0 Å². The van der Waals surface area contributed by atoms with Gasteiger partial charge < -0.3 is 5.32 Å². The summed E-state index contributed by atoms with van der Waals surface area (Å²) in [5.74, 6) is -0.0842. The van der Waals surface area contributed by atoms with Crippen LogP contribution in [-0.2, 0) is 6.42 Å². The molecule has 0 heterocycles. The molecule has 90 valence electrons. The number of benzene rings is 1. The Morgan fingerprint density at radius 1 is 1.25 bits per heavy atom. The van der Waals surface area contributed by atoms with Gasteiger partial charge in [-0.1, -0.05) is 39.0 Å². The Labute approximate surface area is 98.1 Å². The molecule has 0 amide bonds. The molecular weight excluding hydrogens is 201 g/mol. The summed E-state index contributed by atoms with van der Waals surface area (Å²) in [6.07, 6.45) is 1.86. The fraction of sp³-hybridized carbons (Fsp3) is 0.571. The van der Waals surface area contributed by atoms with Crippen molar-refractivity contribution in [3.63, 3.8) is 0 Å². The van der Waals surface area contributed by atoms with Crippen molar-refractivity contribution in [3.05, 3.63) is 35.6 Å². The Balaban J connectivity index is 2.55. The first-order valence-electron chi connectivity index (χ1n) is 5.99. The van der Waals surface area contributed by atoms with Crippen LogP contribution in [0.3, 0.4) is 0 Å². The minimum Gasteiger partial charge on any atom is -0.317 e. The second-order valence-corrected chi connectivity index (χ2v) is 5.04. The zero-order chi connectivity index (χ0) is 12.0. The normalized spacial score (nSPS) is 11.8. The molecule has 0 saturated heterocycles. The van der Waals surface area contributed by atoms with Crippen molar-refractivity contribution in [3.8, 4) is 0 Å². The Morgan fingerprint density at radius 2 is 1.94 bits per heavy atom. The third-order valence-corrected chi connectivity index (χ3v) is 2.86. The number of hydrogen-bond donors (Lipinski definition) is 1. The molecule has 1 aromatic rings. The van der Waals surface area contributed by atoms with Crippen molar-refractivity contribution in [2.24, 2.45) is 5.41 Å². The van der Waals surface area contributed by atoms with E-state index in [1.54, 1.807) is 6.07 Å².